The molecule has 9 heteroatoms. The van der Waals surface area contributed by atoms with E-state index in [4.69, 9.17) is 5.73 Å². The van der Waals surface area contributed by atoms with Crippen LogP contribution < -0.4 is 5.73 Å². The summed E-state index contributed by atoms with van der Waals surface area (Å²) in [5.41, 5.74) is 6.56. The van der Waals surface area contributed by atoms with Gasteiger partial charge >= 0.3 is 0 Å². The molecule has 1 saturated heterocycles. The molecule has 1 fully saturated rings. The Morgan fingerprint density at radius 1 is 1.33 bits per heavy atom. The van der Waals surface area contributed by atoms with E-state index in [0.29, 0.717) is 10.8 Å². The Kier molecular flexibility index (Phi) is 4.92. The number of carbonyl (C=O) groups excluding carboxylic acids is 1. The number of nitrogens with zero attached hydrogens (tertiary/aromatic N) is 4. The highest BCUT2D eigenvalue weighted by Gasteiger charge is 2.33. The fraction of sp³-hybridized carbons (Fsp3) is 0.389. The van der Waals surface area contributed by atoms with Crippen molar-refractivity contribution in [1.29, 1.82) is 0 Å². The van der Waals surface area contributed by atoms with Crippen molar-refractivity contribution < 1.29 is 9.90 Å². The highest BCUT2D eigenvalue weighted by Crippen LogP contribution is 2.41. The van der Waals surface area contributed by atoms with Crippen LogP contribution in [0.4, 0.5) is 0 Å². The zero-order chi connectivity index (χ0) is 19.1. The van der Waals surface area contributed by atoms with Crippen LogP contribution in [0.15, 0.2) is 28.7 Å². The minimum absolute atomic E-state index is 0.0784. The highest BCUT2D eigenvalue weighted by atomic mass is 79.9. The number of rotatable bonds is 4. The van der Waals surface area contributed by atoms with Crippen LogP contribution in [0.25, 0.3) is 4.96 Å². The van der Waals surface area contributed by atoms with Gasteiger partial charge in [0, 0.05) is 10.4 Å². The minimum Gasteiger partial charge on any atom is -0.492 e. The number of hydrogen-bond donors (Lipinski definition) is 2. The fourth-order valence-corrected chi connectivity index (χ4v) is 5.07. The maximum Gasteiger partial charge on any atom is 0.230 e. The maximum atomic E-state index is 11.5. The number of fused-ring (bicyclic) bond motifs is 1. The van der Waals surface area contributed by atoms with Gasteiger partial charge < -0.3 is 10.8 Å². The van der Waals surface area contributed by atoms with Crippen LogP contribution in [0, 0.1) is 12.8 Å². The van der Waals surface area contributed by atoms with Crippen molar-refractivity contribution in [1.82, 2.24) is 19.5 Å². The van der Waals surface area contributed by atoms with E-state index in [1.807, 2.05) is 12.1 Å². The van der Waals surface area contributed by atoms with Crippen molar-refractivity contribution in [3.63, 3.8) is 0 Å². The van der Waals surface area contributed by atoms with Crippen LogP contribution in [0.1, 0.15) is 35.1 Å². The Morgan fingerprint density at radius 2 is 2.00 bits per heavy atom. The van der Waals surface area contributed by atoms with E-state index in [1.165, 1.54) is 15.9 Å². The molecule has 3 heterocycles. The van der Waals surface area contributed by atoms with Crippen molar-refractivity contribution in [3.8, 4) is 5.88 Å². The first-order valence-corrected chi connectivity index (χ1v) is 10.4. The minimum atomic E-state index is -0.230. The molecule has 7 nitrogen and oxygen atoms in total. The van der Waals surface area contributed by atoms with Gasteiger partial charge in [0.2, 0.25) is 16.7 Å². The molecule has 142 valence electrons. The molecule has 1 aliphatic heterocycles. The lowest BCUT2D eigenvalue weighted by molar-refractivity contribution is -0.123. The van der Waals surface area contributed by atoms with E-state index in [-0.39, 0.29) is 23.7 Å². The number of halogens is 1. The van der Waals surface area contributed by atoms with Crippen LogP contribution in [0.5, 0.6) is 5.88 Å². The summed E-state index contributed by atoms with van der Waals surface area (Å²) >= 11 is 4.93. The molecule has 3 aromatic rings. The number of aromatic hydroxyl groups is 1. The number of carbonyl (C=O) groups is 1. The molecule has 0 bridgehead atoms. The number of hydrogen-bond acceptors (Lipinski definition) is 6. The molecular formula is C18H20BrN5O2S. The molecular weight excluding hydrogens is 430 g/mol. The zero-order valence-corrected chi connectivity index (χ0v) is 17.2. The van der Waals surface area contributed by atoms with Gasteiger partial charge in [-0.2, -0.15) is 4.52 Å². The predicted molar refractivity (Wildman–Crippen MR) is 107 cm³/mol. The molecule has 2 aromatic heterocycles. The van der Waals surface area contributed by atoms with Crippen molar-refractivity contribution in [2.45, 2.75) is 25.8 Å². The Balaban J connectivity index is 1.74. The van der Waals surface area contributed by atoms with Crippen molar-refractivity contribution in [3.05, 3.63) is 45.0 Å². The Hall–Kier alpha value is -1.97. The number of piperidine rings is 1. The summed E-state index contributed by atoms with van der Waals surface area (Å²) in [5.74, 6) is 0.448. The Labute approximate surface area is 168 Å². The first kappa shape index (κ1) is 18.4. The second-order valence-corrected chi connectivity index (χ2v) is 8.73. The van der Waals surface area contributed by atoms with Gasteiger partial charge in [0.05, 0.1) is 10.9 Å². The molecule has 0 saturated carbocycles. The van der Waals surface area contributed by atoms with Crippen LogP contribution in [0.3, 0.4) is 0 Å². The van der Waals surface area contributed by atoms with E-state index in [9.17, 15) is 9.90 Å². The second kappa shape index (κ2) is 7.21. The lowest BCUT2D eigenvalue weighted by Crippen LogP contribution is -2.40. The molecule has 1 atom stereocenters. The monoisotopic (exact) mass is 449 g/mol. The molecule has 4 rings (SSSR count). The summed E-state index contributed by atoms with van der Waals surface area (Å²) in [5, 5.41) is 15.1. The van der Waals surface area contributed by atoms with Crippen LogP contribution in [-0.4, -0.2) is 43.6 Å². The number of thiazole rings is 1. The molecule has 0 radical (unpaired) electrons. The fourth-order valence-electron chi connectivity index (χ4n) is 3.64. The molecule has 3 N–H and O–H groups in total. The number of benzene rings is 1. The molecule has 1 aromatic carbocycles. The number of likely N-dealkylation sites (tertiary alicyclic amines) is 1. The molecule has 27 heavy (non-hydrogen) atoms. The molecule has 1 aliphatic rings. The Morgan fingerprint density at radius 3 is 2.59 bits per heavy atom. The third kappa shape index (κ3) is 3.46. The summed E-state index contributed by atoms with van der Waals surface area (Å²) < 4.78 is 2.50. The summed E-state index contributed by atoms with van der Waals surface area (Å²) in [7, 11) is 0. The average molecular weight is 450 g/mol. The van der Waals surface area contributed by atoms with E-state index in [1.54, 1.807) is 6.92 Å². The van der Waals surface area contributed by atoms with Crippen LogP contribution in [0.2, 0.25) is 0 Å². The number of aryl methyl sites for hydroxylation is 1. The van der Waals surface area contributed by atoms with E-state index >= 15 is 0 Å². The lowest BCUT2D eigenvalue weighted by atomic mass is 9.93. The topological polar surface area (TPSA) is 96.8 Å². The third-order valence-corrected chi connectivity index (χ3v) is 6.64. The van der Waals surface area contributed by atoms with Crippen molar-refractivity contribution in [2.24, 2.45) is 11.7 Å². The molecule has 1 amide bonds. The van der Waals surface area contributed by atoms with Gasteiger partial charge in [-0.25, -0.2) is 4.98 Å². The second-order valence-electron chi connectivity index (χ2n) is 6.81. The van der Waals surface area contributed by atoms with Gasteiger partial charge in [-0.1, -0.05) is 39.4 Å². The molecule has 0 unspecified atom stereocenters. The van der Waals surface area contributed by atoms with E-state index in [2.05, 4.69) is 43.0 Å². The smallest absolute Gasteiger partial charge is 0.230 e. The van der Waals surface area contributed by atoms with Gasteiger partial charge in [-0.05, 0) is 50.6 Å². The average Bonchev–Trinajstić information content (AvgIpc) is 3.15. The number of aromatic nitrogens is 3. The van der Waals surface area contributed by atoms with Gasteiger partial charge in [0.25, 0.3) is 0 Å². The first-order valence-electron chi connectivity index (χ1n) is 8.78. The number of nitrogens with two attached hydrogens (primary N) is 1. The molecule has 0 spiro atoms. The quantitative estimate of drug-likeness (QED) is 0.637. The van der Waals surface area contributed by atoms with Crippen LogP contribution >= 0.6 is 27.3 Å². The maximum absolute atomic E-state index is 11.5. The Bertz CT molecular complexity index is 976. The van der Waals surface area contributed by atoms with Crippen LogP contribution in [-0.2, 0) is 4.79 Å². The number of amides is 1. The summed E-state index contributed by atoms with van der Waals surface area (Å²) in [4.78, 5) is 19.7. The largest absolute Gasteiger partial charge is 0.492 e. The number of primary amides is 1. The van der Waals surface area contributed by atoms with Gasteiger partial charge in [-0.15, -0.1) is 5.10 Å². The molecule has 0 aliphatic carbocycles. The van der Waals surface area contributed by atoms with E-state index < -0.39 is 0 Å². The van der Waals surface area contributed by atoms with Crippen molar-refractivity contribution in [2.75, 3.05) is 13.1 Å². The normalized spacial score (nSPS) is 17.4. The predicted octanol–water partition coefficient (Wildman–Crippen LogP) is 2.85. The first-order chi connectivity index (χ1) is 12.9. The standard InChI is InChI=1S/C18H20BrN5O2S/c1-10-21-18-24(22-10)17(26)15(27-18)14(11-2-4-13(19)5-3-11)23-8-6-12(7-9-23)16(20)25/h2-5,12,14,26H,6-9H2,1H3,(H2,20,25)/t14-/m0/s1. The van der Waals surface area contributed by atoms with E-state index in [0.717, 1.165) is 40.8 Å². The SMILES string of the molecule is Cc1nc2sc([C@H](c3ccc(Br)cc3)N3CCC(C(N)=O)CC3)c(O)n2n1. The van der Waals surface area contributed by atoms with Crippen molar-refractivity contribution >= 4 is 38.1 Å². The summed E-state index contributed by atoms with van der Waals surface area (Å²) in [6, 6.07) is 7.97. The highest BCUT2D eigenvalue weighted by molar-refractivity contribution is 9.10. The van der Waals surface area contributed by atoms with Gasteiger partial charge in [-0.3, -0.25) is 9.69 Å². The summed E-state index contributed by atoms with van der Waals surface area (Å²) in [6.07, 6.45) is 1.45. The third-order valence-electron chi connectivity index (χ3n) is 5.04. The van der Waals surface area contributed by atoms with Gasteiger partial charge in [0.15, 0.2) is 0 Å². The zero-order valence-electron chi connectivity index (χ0n) is 14.8. The van der Waals surface area contributed by atoms with Gasteiger partial charge in [0.1, 0.15) is 5.82 Å². The lowest BCUT2D eigenvalue weighted by Gasteiger charge is -2.36. The summed E-state index contributed by atoms with van der Waals surface area (Å²) in [6.45, 7) is 3.28.